The van der Waals surface area contributed by atoms with Gasteiger partial charge in [0.15, 0.2) is 5.69 Å². The second-order valence-corrected chi connectivity index (χ2v) is 9.42. The van der Waals surface area contributed by atoms with Crippen LogP contribution in [0, 0.1) is 12.8 Å². The van der Waals surface area contributed by atoms with Gasteiger partial charge < -0.3 is 20.3 Å². The van der Waals surface area contributed by atoms with Crippen LogP contribution in [0.25, 0.3) is 5.69 Å². The first-order valence-corrected chi connectivity index (χ1v) is 11.7. The van der Waals surface area contributed by atoms with Gasteiger partial charge in [-0.1, -0.05) is 61.8 Å². The Morgan fingerprint density at radius 1 is 1.17 bits per heavy atom. The predicted octanol–water partition coefficient (Wildman–Crippen LogP) is 4.57. The van der Waals surface area contributed by atoms with Crippen LogP contribution in [-0.2, 0) is 4.79 Å². The lowest BCUT2D eigenvalue weighted by molar-refractivity contribution is -0.137. The Hall–Kier alpha value is -3.36. The number of nitrogens with one attached hydrogen (secondary N) is 1. The van der Waals surface area contributed by atoms with Crippen molar-refractivity contribution >= 4 is 23.5 Å². The average Bonchev–Trinajstić information content (AvgIpc) is 3.22. The van der Waals surface area contributed by atoms with Gasteiger partial charge in [-0.2, -0.15) is 9.78 Å². The summed E-state index contributed by atoms with van der Waals surface area (Å²) in [4.78, 5) is 24.7. The summed E-state index contributed by atoms with van der Waals surface area (Å²) in [6, 6.07) is 14.9. The Labute approximate surface area is 209 Å². The van der Waals surface area contributed by atoms with Gasteiger partial charge in [-0.05, 0) is 43.0 Å². The number of carboxylic acid groups (broad SMARTS) is 1. The van der Waals surface area contributed by atoms with Crippen LogP contribution < -0.4 is 10.1 Å². The molecule has 2 atom stereocenters. The molecule has 35 heavy (non-hydrogen) atoms. The molecule has 0 bridgehead atoms. The first-order chi connectivity index (χ1) is 16.5. The molecule has 9 heteroatoms. The molecule has 0 spiro atoms. The number of aromatic nitrogens is 2. The van der Waals surface area contributed by atoms with Gasteiger partial charge in [0.1, 0.15) is 6.61 Å². The molecule has 3 N–H and O–H groups in total. The summed E-state index contributed by atoms with van der Waals surface area (Å²) in [5.74, 6) is -1.46. The van der Waals surface area contributed by atoms with Crippen LogP contribution in [0.2, 0.25) is 5.02 Å². The van der Waals surface area contributed by atoms with E-state index in [1.807, 2.05) is 32.9 Å². The lowest BCUT2D eigenvalue weighted by atomic mass is 9.94. The highest BCUT2D eigenvalue weighted by molar-refractivity contribution is 6.32. The van der Waals surface area contributed by atoms with Crippen LogP contribution in [0.1, 0.15) is 54.8 Å². The van der Waals surface area contributed by atoms with Crippen molar-refractivity contribution in [3.63, 3.8) is 0 Å². The summed E-state index contributed by atoms with van der Waals surface area (Å²) < 4.78 is 7.29. The van der Waals surface area contributed by atoms with Crippen molar-refractivity contribution in [2.75, 3.05) is 6.61 Å². The number of carbonyl (C=O) groups excluding carboxylic acids is 1. The molecule has 0 radical (unpaired) electrons. The number of aliphatic hydroxyl groups is 1. The maximum atomic E-state index is 13.2. The molecule has 186 valence electrons. The number of hydrogen-bond donors (Lipinski definition) is 3. The highest BCUT2D eigenvalue weighted by Gasteiger charge is 2.28. The molecule has 0 saturated heterocycles. The third kappa shape index (κ3) is 6.41. The highest BCUT2D eigenvalue weighted by Crippen LogP contribution is 2.28. The molecule has 3 aromatic rings. The van der Waals surface area contributed by atoms with Gasteiger partial charge in [-0.15, -0.1) is 0 Å². The van der Waals surface area contributed by atoms with Crippen molar-refractivity contribution in [1.82, 2.24) is 15.1 Å². The number of benzene rings is 2. The van der Waals surface area contributed by atoms with Crippen molar-refractivity contribution in [3.8, 4) is 11.6 Å². The number of halogens is 1. The fraction of sp³-hybridized carbons (Fsp3) is 0.346. The van der Waals surface area contributed by atoms with E-state index in [-0.39, 0.29) is 30.5 Å². The van der Waals surface area contributed by atoms with E-state index in [1.54, 1.807) is 43.3 Å². The van der Waals surface area contributed by atoms with Gasteiger partial charge >= 0.3 is 5.97 Å². The third-order valence-electron chi connectivity index (χ3n) is 5.99. The lowest BCUT2D eigenvalue weighted by Crippen LogP contribution is -2.38. The molecule has 0 aliphatic heterocycles. The molecule has 1 amide bonds. The maximum Gasteiger partial charge on any atom is 0.305 e. The summed E-state index contributed by atoms with van der Waals surface area (Å²) in [5, 5.41) is 27.6. The zero-order valence-corrected chi connectivity index (χ0v) is 20.9. The number of carbonyl (C=O) groups is 2. The zero-order chi connectivity index (χ0) is 25.8. The second kappa shape index (κ2) is 10.9. The average molecular weight is 500 g/mol. The van der Waals surface area contributed by atoms with E-state index in [4.69, 9.17) is 16.3 Å². The van der Waals surface area contributed by atoms with E-state index in [1.165, 1.54) is 10.7 Å². The topological polar surface area (TPSA) is 114 Å². The Morgan fingerprint density at radius 3 is 2.46 bits per heavy atom. The van der Waals surface area contributed by atoms with Crippen LogP contribution in [0.3, 0.4) is 0 Å². The maximum absolute atomic E-state index is 13.2. The lowest BCUT2D eigenvalue weighted by Gasteiger charge is -2.27. The van der Waals surface area contributed by atoms with Gasteiger partial charge in [0, 0.05) is 6.07 Å². The SMILES string of the molecule is Cc1ccccc1C(CC(=O)O)NC(=O)c1cc(OCC(C)(O)C(C)C)n(-c2ccccc2Cl)n1. The molecule has 0 aliphatic carbocycles. The molecule has 1 heterocycles. The standard InChI is InChI=1S/C26H30ClN3O5/c1-16(2)26(4,34)15-35-23-13-21(29-30(23)22-12-8-7-11-19(22)27)25(33)28-20(14-24(31)32)18-10-6-5-9-17(18)3/h5-13,16,20,34H,14-15H2,1-4H3,(H,28,33)(H,31,32). The minimum absolute atomic E-state index is 0.0214. The molecule has 2 aromatic carbocycles. The Balaban J connectivity index is 1.96. The molecular formula is C26H30ClN3O5. The molecule has 3 rings (SSSR count). The third-order valence-corrected chi connectivity index (χ3v) is 6.31. The fourth-order valence-electron chi connectivity index (χ4n) is 3.38. The van der Waals surface area contributed by atoms with E-state index >= 15 is 0 Å². The van der Waals surface area contributed by atoms with Gasteiger partial charge in [0.05, 0.1) is 28.8 Å². The van der Waals surface area contributed by atoms with E-state index in [0.29, 0.717) is 16.3 Å². The van der Waals surface area contributed by atoms with Crippen molar-refractivity contribution < 1.29 is 24.5 Å². The first-order valence-electron chi connectivity index (χ1n) is 11.3. The van der Waals surface area contributed by atoms with Crippen LogP contribution in [0.5, 0.6) is 5.88 Å². The smallest absolute Gasteiger partial charge is 0.305 e. The number of aliphatic carboxylic acids is 1. The number of ether oxygens (including phenoxy) is 1. The summed E-state index contributed by atoms with van der Waals surface area (Å²) in [6.07, 6.45) is -0.289. The van der Waals surface area contributed by atoms with Crippen molar-refractivity contribution in [2.45, 2.75) is 45.8 Å². The Kier molecular flexibility index (Phi) is 8.19. The minimum Gasteiger partial charge on any atom is -0.481 e. The van der Waals surface area contributed by atoms with Gasteiger partial charge in [0.2, 0.25) is 5.88 Å². The van der Waals surface area contributed by atoms with Crippen molar-refractivity contribution in [2.24, 2.45) is 5.92 Å². The summed E-state index contributed by atoms with van der Waals surface area (Å²) in [7, 11) is 0. The number of carboxylic acids is 1. The second-order valence-electron chi connectivity index (χ2n) is 9.01. The quantitative estimate of drug-likeness (QED) is 0.376. The van der Waals surface area contributed by atoms with Crippen molar-refractivity contribution in [3.05, 3.63) is 76.4 Å². The van der Waals surface area contributed by atoms with Crippen LogP contribution in [0.4, 0.5) is 0 Å². The molecule has 1 aromatic heterocycles. The first kappa shape index (κ1) is 26.2. The molecule has 0 aliphatic rings. The van der Waals surface area contributed by atoms with Crippen LogP contribution in [-0.4, -0.2) is 44.1 Å². The number of aryl methyl sites for hydroxylation is 1. The highest BCUT2D eigenvalue weighted by atomic mass is 35.5. The van der Waals surface area contributed by atoms with E-state index < -0.39 is 23.5 Å². The minimum atomic E-state index is -1.12. The van der Waals surface area contributed by atoms with Gasteiger partial charge in [-0.25, -0.2) is 0 Å². The molecule has 0 fully saturated rings. The predicted molar refractivity (Wildman–Crippen MR) is 133 cm³/mol. The number of hydrogen-bond acceptors (Lipinski definition) is 5. The molecule has 0 saturated carbocycles. The summed E-state index contributed by atoms with van der Waals surface area (Å²) >= 11 is 6.37. The zero-order valence-electron chi connectivity index (χ0n) is 20.2. The monoisotopic (exact) mass is 499 g/mol. The summed E-state index contributed by atoms with van der Waals surface area (Å²) in [6.45, 7) is 7.24. The summed E-state index contributed by atoms with van der Waals surface area (Å²) in [5.41, 5.74) is 0.968. The number of amides is 1. The van der Waals surface area contributed by atoms with Crippen LogP contribution in [0.15, 0.2) is 54.6 Å². The van der Waals surface area contributed by atoms with E-state index in [2.05, 4.69) is 10.4 Å². The normalized spacial score (nSPS) is 13.8. The largest absolute Gasteiger partial charge is 0.481 e. The molecule has 8 nitrogen and oxygen atoms in total. The van der Waals surface area contributed by atoms with Crippen LogP contribution >= 0.6 is 11.6 Å². The van der Waals surface area contributed by atoms with Crippen molar-refractivity contribution in [1.29, 1.82) is 0 Å². The molecular weight excluding hydrogens is 470 g/mol. The number of nitrogens with zero attached hydrogens (tertiary/aromatic N) is 2. The van der Waals surface area contributed by atoms with Gasteiger partial charge in [0.25, 0.3) is 5.91 Å². The molecule has 2 unspecified atom stereocenters. The Bertz CT molecular complexity index is 1210. The Morgan fingerprint density at radius 2 is 1.83 bits per heavy atom. The van der Waals surface area contributed by atoms with E-state index in [9.17, 15) is 19.8 Å². The number of rotatable bonds is 10. The van der Waals surface area contributed by atoms with Gasteiger partial charge in [-0.3, -0.25) is 9.59 Å². The number of para-hydroxylation sites is 1. The van der Waals surface area contributed by atoms with E-state index in [0.717, 1.165) is 5.56 Å². The fourth-order valence-corrected chi connectivity index (χ4v) is 3.60.